The minimum Gasteiger partial charge on any atom is -0.299 e. The van der Waals surface area contributed by atoms with Crippen molar-refractivity contribution in [3.8, 4) is 0 Å². The highest BCUT2D eigenvalue weighted by Crippen LogP contribution is 2.08. The van der Waals surface area contributed by atoms with Crippen LogP contribution >= 0.6 is 0 Å². The second-order valence-corrected chi connectivity index (χ2v) is 3.41. The maximum atomic E-state index is 9.99. The monoisotopic (exact) mass is 202 g/mol. The van der Waals surface area contributed by atoms with Gasteiger partial charge in [-0.1, -0.05) is 32.1 Å². The van der Waals surface area contributed by atoms with Crippen molar-refractivity contribution in [2.24, 2.45) is 0 Å². The van der Waals surface area contributed by atoms with Gasteiger partial charge in [-0.05, 0) is 6.08 Å². The first-order valence-corrected chi connectivity index (χ1v) is 4.84. The number of carbonyl (C=O) groups is 1. The number of hydrogen-bond acceptors (Lipinski definition) is 3. The van der Waals surface area contributed by atoms with E-state index >= 15 is 0 Å². The molecular formula is C12H14N2O. The Kier molecular flexibility index (Phi) is 4.41. The topological polar surface area (TPSA) is 42.9 Å². The lowest BCUT2D eigenvalue weighted by molar-refractivity contribution is -0.104. The molecule has 1 rings (SSSR count). The van der Waals surface area contributed by atoms with Crippen LogP contribution in [0.25, 0.3) is 6.08 Å². The Morgan fingerprint density at radius 2 is 1.80 bits per heavy atom. The Morgan fingerprint density at radius 3 is 2.33 bits per heavy atom. The van der Waals surface area contributed by atoms with Crippen LogP contribution in [-0.4, -0.2) is 16.3 Å². The standard InChI is InChI=1S/C12H14N2O/c1-10(2)12-13-8-11(9-14-12)6-4-3-5-7-15/h3-10H,1-2H3/b5-3+,6-4+. The third-order valence-corrected chi connectivity index (χ3v) is 1.80. The van der Waals surface area contributed by atoms with Crippen LogP contribution in [0.3, 0.4) is 0 Å². The predicted octanol–water partition coefficient (Wildman–Crippen LogP) is 2.37. The van der Waals surface area contributed by atoms with Gasteiger partial charge in [-0.3, -0.25) is 4.79 Å². The van der Waals surface area contributed by atoms with E-state index in [1.807, 2.05) is 6.08 Å². The number of carbonyl (C=O) groups excluding carboxylic acids is 1. The lowest BCUT2D eigenvalue weighted by Crippen LogP contribution is -1.96. The lowest BCUT2D eigenvalue weighted by atomic mass is 10.2. The summed E-state index contributed by atoms with van der Waals surface area (Å²) < 4.78 is 0. The van der Waals surface area contributed by atoms with Crippen LogP contribution in [0.15, 0.2) is 30.6 Å². The van der Waals surface area contributed by atoms with E-state index in [1.54, 1.807) is 24.5 Å². The van der Waals surface area contributed by atoms with Gasteiger partial charge >= 0.3 is 0 Å². The minimum absolute atomic E-state index is 0.345. The fourth-order valence-electron chi connectivity index (χ4n) is 1.01. The Labute approximate surface area is 89.6 Å². The fraction of sp³-hybridized carbons (Fsp3) is 0.250. The van der Waals surface area contributed by atoms with Gasteiger partial charge in [0, 0.05) is 23.9 Å². The summed E-state index contributed by atoms with van der Waals surface area (Å²) in [6.07, 6.45) is 11.0. The van der Waals surface area contributed by atoms with Gasteiger partial charge in [0.05, 0.1) is 0 Å². The highest BCUT2D eigenvalue weighted by atomic mass is 16.1. The minimum atomic E-state index is 0.345. The summed E-state index contributed by atoms with van der Waals surface area (Å²) in [5, 5.41) is 0. The molecule has 0 atom stereocenters. The van der Waals surface area contributed by atoms with E-state index in [-0.39, 0.29) is 0 Å². The first kappa shape index (κ1) is 11.3. The smallest absolute Gasteiger partial charge is 0.142 e. The molecule has 15 heavy (non-hydrogen) atoms. The average molecular weight is 202 g/mol. The van der Waals surface area contributed by atoms with Crippen LogP contribution in [0.1, 0.15) is 31.2 Å². The fourth-order valence-corrected chi connectivity index (χ4v) is 1.01. The zero-order valence-electron chi connectivity index (χ0n) is 8.92. The summed E-state index contributed by atoms with van der Waals surface area (Å²) in [4.78, 5) is 18.4. The lowest BCUT2D eigenvalue weighted by Gasteiger charge is -2.01. The van der Waals surface area contributed by atoms with E-state index in [9.17, 15) is 4.79 Å². The number of hydrogen-bond donors (Lipinski definition) is 0. The number of aldehydes is 1. The molecule has 0 aliphatic carbocycles. The number of nitrogens with zero attached hydrogens (tertiary/aromatic N) is 2. The molecule has 0 radical (unpaired) electrons. The molecule has 0 saturated carbocycles. The summed E-state index contributed by atoms with van der Waals surface area (Å²) in [6, 6.07) is 0. The highest BCUT2D eigenvalue weighted by Gasteiger charge is 2.00. The molecule has 0 amide bonds. The van der Waals surface area contributed by atoms with Crippen molar-refractivity contribution in [3.63, 3.8) is 0 Å². The molecular weight excluding hydrogens is 188 g/mol. The van der Waals surface area contributed by atoms with Gasteiger partial charge in [0.15, 0.2) is 0 Å². The molecule has 1 aromatic rings. The first-order valence-electron chi connectivity index (χ1n) is 4.84. The van der Waals surface area contributed by atoms with E-state index in [4.69, 9.17) is 0 Å². The van der Waals surface area contributed by atoms with Crippen LogP contribution in [-0.2, 0) is 4.79 Å². The van der Waals surface area contributed by atoms with Crippen molar-refractivity contribution in [3.05, 3.63) is 42.0 Å². The van der Waals surface area contributed by atoms with Crippen molar-refractivity contribution < 1.29 is 4.79 Å². The summed E-state index contributed by atoms with van der Waals surface area (Å²) in [6.45, 7) is 4.11. The molecule has 0 saturated heterocycles. The van der Waals surface area contributed by atoms with Gasteiger partial charge in [-0.2, -0.15) is 0 Å². The van der Waals surface area contributed by atoms with E-state index in [0.29, 0.717) is 5.92 Å². The van der Waals surface area contributed by atoms with E-state index in [2.05, 4.69) is 23.8 Å². The number of rotatable bonds is 4. The third-order valence-electron chi connectivity index (χ3n) is 1.80. The van der Waals surface area contributed by atoms with Gasteiger partial charge in [-0.15, -0.1) is 0 Å². The number of aromatic nitrogens is 2. The summed E-state index contributed by atoms with van der Waals surface area (Å²) in [5.74, 6) is 1.19. The molecule has 3 heteroatoms. The van der Waals surface area contributed by atoms with Crippen molar-refractivity contribution in [1.29, 1.82) is 0 Å². The normalized spacial score (nSPS) is 11.7. The number of allylic oxidation sites excluding steroid dienone is 3. The second kappa shape index (κ2) is 5.86. The molecule has 0 N–H and O–H groups in total. The molecule has 0 aromatic carbocycles. The molecule has 1 aromatic heterocycles. The van der Waals surface area contributed by atoms with Gasteiger partial charge in [0.2, 0.25) is 0 Å². The van der Waals surface area contributed by atoms with Gasteiger partial charge < -0.3 is 0 Å². The SMILES string of the molecule is CC(C)c1ncc(/C=C/C=C/C=O)cn1. The predicted molar refractivity (Wildman–Crippen MR) is 60.4 cm³/mol. The van der Waals surface area contributed by atoms with E-state index in [1.165, 1.54) is 6.08 Å². The zero-order chi connectivity index (χ0) is 11.1. The molecule has 0 aliphatic heterocycles. The van der Waals surface area contributed by atoms with Gasteiger partial charge in [0.1, 0.15) is 12.1 Å². The molecule has 0 fully saturated rings. The maximum Gasteiger partial charge on any atom is 0.142 e. The van der Waals surface area contributed by atoms with Crippen LogP contribution < -0.4 is 0 Å². The average Bonchev–Trinajstić information content (AvgIpc) is 2.25. The van der Waals surface area contributed by atoms with E-state index in [0.717, 1.165) is 17.7 Å². The molecule has 78 valence electrons. The molecule has 1 heterocycles. The van der Waals surface area contributed by atoms with Crippen molar-refractivity contribution in [2.75, 3.05) is 0 Å². The summed E-state index contributed by atoms with van der Waals surface area (Å²) in [5.41, 5.74) is 0.926. The van der Waals surface area contributed by atoms with Crippen molar-refractivity contribution in [2.45, 2.75) is 19.8 Å². The summed E-state index contributed by atoms with van der Waals surface area (Å²) in [7, 11) is 0. The molecule has 0 bridgehead atoms. The van der Waals surface area contributed by atoms with Gasteiger partial charge in [0.25, 0.3) is 0 Å². The quantitative estimate of drug-likeness (QED) is 0.427. The van der Waals surface area contributed by atoms with Crippen molar-refractivity contribution in [1.82, 2.24) is 9.97 Å². The Bertz CT molecular complexity index is 364. The van der Waals surface area contributed by atoms with E-state index < -0.39 is 0 Å². The molecule has 0 aliphatic rings. The Hall–Kier alpha value is -1.77. The zero-order valence-corrected chi connectivity index (χ0v) is 8.92. The second-order valence-electron chi connectivity index (χ2n) is 3.41. The van der Waals surface area contributed by atoms with Crippen LogP contribution in [0.5, 0.6) is 0 Å². The van der Waals surface area contributed by atoms with Crippen LogP contribution in [0.2, 0.25) is 0 Å². The maximum absolute atomic E-state index is 9.99. The highest BCUT2D eigenvalue weighted by molar-refractivity contribution is 5.66. The summed E-state index contributed by atoms with van der Waals surface area (Å²) >= 11 is 0. The van der Waals surface area contributed by atoms with Crippen LogP contribution in [0, 0.1) is 0 Å². The van der Waals surface area contributed by atoms with Crippen LogP contribution in [0.4, 0.5) is 0 Å². The third kappa shape index (κ3) is 3.85. The Morgan fingerprint density at radius 1 is 1.13 bits per heavy atom. The molecule has 0 spiro atoms. The Balaban J connectivity index is 2.68. The molecule has 3 nitrogen and oxygen atoms in total. The molecule has 0 unspecified atom stereocenters. The van der Waals surface area contributed by atoms with Gasteiger partial charge in [-0.25, -0.2) is 9.97 Å². The van der Waals surface area contributed by atoms with Crippen molar-refractivity contribution >= 4 is 12.4 Å². The largest absolute Gasteiger partial charge is 0.299 e. The first-order chi connectivity index (χ1) is 7.24.